The molecule has 1 aromatic carbocycles. The Morgan fingerprint density at radius 2 is 1.83 bits per heavy atom. The number of rotatable bonds is 6. The van der Waals surface area contributed by atoms with Gasteiger partial charge in [-0.05, 0) is 50.5 Å². The molecule has 1 N–H and O–H groups in total. The van der Waals surface area contributed by atoms with Crippen LogP contribution < -0.4 is 14.8 Å². The van der Waals surface area contributed by atoms with E-state index < -0.39 is 0 Å². The number of oxazole rings is 1. The first kappa shape index (κ1) is 20.9. The number of nitrogens with one attached hydrogen (secondary N) is 1. The molecule has 0 aliphatic heterocycles. The van der Waals surface area contributed by atoms with Crippen LogP contribution in [0.3, 0.4) is 0 Å². The molecular formula is C22H22N4O4. The molecule has 0 amide bonds. The van der Waals surface area contributed by atoms with E-state index in [0.29, 0.717) is 52.6 Å². The molecule has 0 aliphatic rings. The lowest BCUT2D eigenvalue weighted by molar-refractivity contribution is 0.111. The van der Waals surface area contributed by atoms with Crippen molar-refractivity contribution in [1.29, 1.82) is 0 Å². The van der Waals surface area contributed by atoms with Crippen LogP contribution in [-0.4, -0.2) is 42.4 Å². The molecule has 4 aromatic rings. The van der Waals surface area contributed by atoms with Crippen LogP contribution in [0, 0.1) is 0 Å². The highest BCUT2D eigenvalue weighted by Gasteiger charge is 2.10. The minimum atomic E-state index is 0.331. The molecule has 0 bridgehead atoms. The summed E-state index contributed by atoms with van der Waals surface area (Å²) in [5.41, 5.74) is 3.15. The quantitative estimate of drug-likeness (QED) is 0.486. The van der Waals surface area contributed by atoms with E-state index in [1.807, 2.05) is 32.3 Å². The average molecular weight is 406 g/mol. The van der Waals surface area contributed by atoms with Crippen LogP contribution in [-0.2, 0) is 6.61 Å². The first-order valence-corrected chi connectivity index (χ1v) is 9.19. The number of aromatic nitrogens is 3. The topological polar surface area (TPSA) is 99.4 Å². The summed E-state index contributed by atoms with van der Waals surface area (Å²) >= 11 is 0. The lowest BCUT2D eigenvalue weighted by Crippen LogP contribution is -1.98. The van der Waals surface area contributed by atoms with E-state index in [2.05, 4.69) is 20.3 Å². The van der Waals surface area contributed by atoms with Gasteiger partial charge in [-0.1, -0.05) is 0 Å². The molecule has 3 heterocycles. The molecule has 0 saturated carbocycles. The second-order valence-electron chi connectivity index (χ2n) is 6.22. The molecule has 8 heteroatoms. The number of nitrogens with zero attached hydrogens (tertiary/aromatic N) is 3. The Labute approximate surface area is 173 Å². The minimum absolute atomic E-state index is 0.331. The van der Waals surface area contributed by atoms with E-state index in [-0.39, 0.29) is 0 Å². The van der Waals surface area contributed by atoms with Gasteiger partial charge >= 0.3 is 0 Å². The van der Waals surface area contributed by atoms with Crippen LogP contribution in [0.15, 0.2) is 59.3 Å². The monoisotopic (exact) mass is 406 g/mol. The number of ether oxygens (including phenoxy) is 2. The fraction of sp³-hybridized carbons (Fsp3) is 0.182. The Morgan fingerprint density at radius 1 is 1.03 bits per heavy atom. The van der Waals surface area contributed by atoms with Gasteiger partial charge in [0.2, 0.25) is 5.89 Å². The van der Waals surface area contributed by atoms with Crippen molar-refractivity contribution in [2.45, 2.75) is 6.61 Å². The number of hydrogen-bond acceptors (Lipinski definition) is 8. The van der Waals surface area contributed by atoms with E-state index >= 15 is 0 Å². The van der Waals surface area contributed by atoms with Crippen LogP contribution in [0.2, 0.25) is 0 Å². The lowest BCUT2D eigenvalue weighted by atomic mass is 10.2. The van der Waals surface area contributed by atoms with Crippen LogP contribution in [0.25, 0.3) is 22.6 Å². The summed E-state index contributed by atoms with van der Waals surface area (Å²) in [5.74, 6) is 1.80. The van der Waals surface area contributed by atoms with E-state index in [1.165, 1.54) is 0 Å². The number of carbonyl (C=O) groups excluding carboxylic acids is 1. The van der Waals surface area contributed by atoms with Crippen LogP contribution in [0.1, 0.15) is 16.2 Å². The number of methoxy groups -OCH3 is 1. The Morgan fingerprint density at radius 3 is 2.47 bits per heavy atom. The largest absolute Gasteiger partial charge is 0.495 e. The molecule has 0 aliphatic carbocycles. The zero-order chi connectivity index (χ0) is 21.3. The smallest absolute Gasteiger partial charge is 0.228 e. The summed E-state index contributed by atoms with van der Waals surface area (Å²) in [5, 5.41) is 2.75. The number of carbonyl (C=O) groups is 1. The number of benzene rings is 1. The molecule has 30 heavy (non-hydrogen) atoms. The summed E-state index contributed by atoms with van der Waals surface area (Å²) in [7, 11) is 5.35. The molecule has 0 saturated heterocycles. The van der Waals surface area contributed by atoms with Crippen molar-refractivity contribution in [2.75, 3.05) is 21.2 Å². The summed E-state index contributed by atoms with van der Waals surface area (Å²) in [6.45, 7) is 0.331. The fourth-order valence-corrected chi connectivity index (χ4v) is 2.50. The zero-order valence-electron chi connectivity index (χ0n) is 17.0. The Kier molecular flexibility index (Phi) is 7.07. The van der Waals surface area contributed by atoms with E-state index in [0.717, 1.165) is 5.69 Å². The van der Waals surface area contributed by atoms with E-state index in [4.69, 9.17) is 13.9 Å². The first-order chi connectivity index (χ1) is 14.7. The number of pyridine rings is 2. The third kappa shape index (κ3) is 5.18. The highest BCUT2D eigenvalue weighted by Crippen LogP contribution is 2.27. The maximum absolute atomic E-state index is 10.7. The van der Waals surface area contributed by atoms with Crippen molar-refractivity contribution in [2.24, 2.45) is 0 Å². The van der Waals surface area contributed by atoms with Crippen molar-refractivity contribution in [3.63, 3.8) is 0 Å². The molecule has 0 atom stereocenters. The lowest BCUT2D eigenvalue weighted by Gasteiger charge is -2.06. The van der Waals surface area contributed by atoms with Gasteiger partial charge in [0, 0.05) is 12.3 Å². The second kappa shape index (κ2) is 10.1. The molecule has 4 rings (SSSR count). The maximum Gasteiger partial charge on any atom is 0.228 e. The maximum atomic E-state index is 10.7. The van der Waals surface area contributed by atoms with Gasteiger partial charge in [0.25, 0.3) is 0 Å². The fourth-order valence-electron chi connectivity index (χ4n) is 2.50. The molecule has 8 nitrogen and oxygen atoms in total. The van der Waals surface area contributed by atoms with Gasteiger partial charge in [-0.3, -0.25) is 14.8 Å². The molecule has 0 spiro atoms. The molecule has 0 radical (unpaired) electrons. The van der Waals surface area contributed by atoms with Crippen LogP contribution in [0.5, 0.6) is 11.5 Å². The first-order valence-electron chi connectivity index (χ1n) is 9.19. The third-order valence-electron chi connectivity index (χ3n) is 3.93. The van der Waals surface area contributed by atoms with Gasteiger partial charge < -0.3 is 19.2 Å². The third-order valence-corrected chi connectivity index (χ3v) is 3.93. The Balaban J connectivity index is 0.000000806. The summed E-state index contributed by atoms with van der Waals surface area (Å²) < 4.78 is 16.6. The number of fused-ring (bicyclic) bond motifs is 1. The highest BCUT2D eigenvalue weighted by atomic mass is 16.5. The van der Waals surface area contributed by atoms with Crippen LogP contribution in [0.4, 0.5) is 0 Å². The summed E-state index contributed by atoms with van der Waals surface area (Å²) in [4.78, 5) is 23.5. The molecule has 3 aromatic heterocycles. The minimum Gasteiger partial charge on any atom is -0.495 e. The Bertz CT molecular complexity index is 1090. The SMILES string of the molecule is CNC.COc1ccc(COc2ccc3oc(-c4ccc(C=O)nc4)nc3c2)nc1. The average Bonchev–Trinajstić information content (AvgIpc) is 3.22. The summed E-state index contributed by atoms with van der Waals surface area (Å²) in [6.07, 6.45) is 3.90. The number of hydrogen-bond donors (Lipinski definition) is 1. The van der Waals surface area contributed by atoms with Gasteiger partial charge in [0.1, 0.15) is 29.3 Å². The van der Waals surface area contributed by atoms with Crippen molar-refractivity contribution >= 4 is 17.4 Å². The van der Waals surface area contributed by atoms with E-state index in [9.17, 15) is 4.79 Å². The highest BCUT2D eigenvalue weighted by molar-refractivity contribution is 5.78. The molecule has 0 fully saturated rings. The molecule has 0 unspecified atom stereocenters. The van der Waals surface area contributed by atoms with Gasteiger partial charge in [-0.25, -0.2) is 4.98 Å². The van der Waals surface area contributed by atoms with E-state index in [1.54, 1.807) is 43.8 Å². The molecule has 154 valence electrons. The van der Waals surface area contributed by atoms with Crippen molar-refractivity contribution in [1.82, 2.24) is 20.3 Å². The van der Waals surface area contributed by atoms with Gasteiger partial charge in [0.05, 0.1) is 24.6 Å². The van der Waals surface area contributed by atoms with Crippen molar-refractivity contribution in [3.8, 4) is 23.0 Å². The van der Waals surface area contributed by atoms with Gasteiger partial charge in [0.15, 0.2) is 11.9 Å². The van der Waals surface area contributed by atoms with Crippen molar-refractivity contribution in [3.05, 3.63) is 66.2 Å². The predicted octanol–water partition coefficient (Wildman–Crippen LogP) is 3.52. The van der Waals surface area contributed by atoms with Crippen LogP contribution >= 0.6 is 0 Å². The van der Waals surface area contributed by atoms with Gasteiger partial charge in [-0.15, -0.1) is 0 Å². The zero-order valence-corrected chi connectivity index (χ0v) is 17.0. The second-order valence-corrected chi connectivity index (χ2v) is 6.22. The molecular weight excluding hydrogens is 384 g/mol. The standard InChI is InChI=1S/C20H15N3O4.C2H7N/c1-25-17-5-4-15(22-10-17)12-26-16-6-7-19-18(8-16)23-20(27-19)13-2-3-14(11-24)21-9-13;1-3-2/h2-11H,12H2,1H3;3H,1-2H3. The Hall–Kier alpha value is -3.78. The normalized spacial score (nSPS) is 10.2. The predicted molar refractivity (Wildman–Crippen MR) is 113 cm³/mol. The number of aldehydes is 1. The van der Waals surface area contributed by atoms with Crippen molar-refractivity contribution < 1.29 is 18.7 Å². The summed E-state index contributed by atoms with van der Waals surface area (Å²) in [6, 6.07) is 12.5. The van der Waals surface area contributed by atoms with Gasteiger partial charge in [-0.2, -0.15) is 0 Å².